The number of anilines is 2. The van der Waals surface area contributed by atoms with Gasteiger partial charge in [-0.1, -0.05) is 84.7 Å². The fourth-order valence-electron chi connectivity index (χ4n) is 9.50. The fraction of sp³-hybridized carbons (Fsp3) is 0.279. The monoisotopic (exact) mass is 1310 g/mol. The van der Waals surface area contributed by atoms with Gasteiger partial charge in [0.2, 0.25) is 0 Å². The SMILES string of the molecule is CC(C)Oc1ccccc1[CH]=[Ru]([Cl])[Cl].CC=Cc1ccccc1OC(C)C.Cc1cc(C)c(N2[CH-]CCC2)c(C)c1.Cc1cc(C)c(N2[CH-]CCC2)c(C)c1.[Cl][Ru]([Cl])=[C]1C=C(c2ccccc2)c2ccccc21.c1ccncc1. The van der Waals surface area contributed by atoms with Crippen LogP contribution in [-0.2, 0) is 27.0 Å². The molecular formula is C68H79Cl4N3O2Ru2-2. The van der Waals surface area contributed by atoms with Crippen LogP contribution in [0.1, 0.15) is 121 Å². The number of para-hydroxylation sites is 2. The van der Waals surface area contributed by atoms with E-state index in [2.05, 4.69) is 142 Å². The maximum absolute atomic E-state index is 6.19. The zero-order chi connectivity index (χ0) is 57.3. The number of hydrogen-bond donors (Lipinski definition) is 0. The van der Waals surface area contributed by atoms with Crippen molar-refractivity contribution in [3.63, 3.8) is 0 Å². The fourth-order valence-corrected chi connectivity index (χ4v) is 13.8. The molecule has 2 saturated heterocycles. The third kappa shape index (κ3) is 21.6. The molecule has 0 N–H and O–H groups in total. The molecular weight excluding hydrogens is 1230 g/mol. The van der Waals surface area contributed by atoms with Crippen LogP contribution in [0.25, 0.3) is 11.6 Å². The van der Waals surface area contributed by atoms with Gasteiger partial charge in [0.05, 0.1) is 6.10 Å². The molecule has 1 aliphatic carbocycles. The Bertz CT molecular complexity index is 2960. The predicted octanol–water partition coefficient (Wildman–Crippen LogP) is 19.5. The Kier molecular flexibility index (Phi) is 28.5. The van der Waals surface area contributed by atoms with Crippen molar-refractivity contribution in [1.29, 1.82) is 0 Å². The maximum Gasteiger partial charge on any atom is 0.0267 e. The number of allylic oxidation sites excluding steroid dienone is 2. The molecule has 3 aliphatic rings. The molecule has 1 aromatic heterocycles. The zero-order valence-corrected chi connectivity index (χ0v) is 54.2. The van der Waals surface area contributed by atoms with E-state index in [9.17, 15) is 0 Å². The second kappa shape index (κ2) is 34.6. The number of aryl methyl sites for hydroxylation is 6. The normalized spacial score (nSPS) is 13.5. The summed E-state index contributed by atoms with van der Waals surface area (Å²) in [6.07, 6.45) is 15.2. The number of aromatic nitrogens is 1. The summed E-state index contributed by atoms with van der Waals surface area (Å²) in [4.78, 5) is 8.60. The van der Waals surface area contributed by atoms with Crippen molar-refractivity contribution in [2.24, 2.45) is 0 Å². The van der Waals surface area contributed by atoms with Crippen molar-refractivity contribution in [3.05, 3.63) is 244 Å². The number of benzene rings is 6. The summed E-state index contributed by atoms with van der Waals surface area (Å²) in [5.74, 6) is 1.80. The number of fused-ring (bicyclic) bond motifs is 1. The molecule has 2 fully saturated rings. The van der Waals surface area contributed by atoms with E-state index in [4.69, 9.17) is 48.2 Å². The van der Waals surface area contributed by atoms with Crippen molar-refractivity contribution >= 4 is 70.5 Å². The average Bonchev–Trinajstić information content (AvgIpc) is 4.24. The molecule has 0 bridgehead atoms. The molecule has 0 radical (unpaired) electrons. The molecule has 10 rings (SSSR count). The van der Waals surface area contributed by atoms with Crippen LogP contribution in [0.5, 0.6) is 11.5 Å². The van der Waals surface area contributed by atoms with Gasteiger partial charge in [0.15, 0.2) is 0 Å². The van der Waals surface area contributed by atoms with E-state index in [-0.39, 0.29) is 12.2 Å². The van der Waals surface area contributed by atoms with Gasteiger partial charge in [0.1, 0.15) is 5.75 Å². The third-order valence-corrected chi connectivity index (χ3v) is 17.3. The Morgan fingerprint density at radius 1 is 0.544 bits per heavy atom. The van der Waals surface area contributed by atoms with E-state index in [1.54, 1.807) is 12.4 Å². The Morgan fingerprint density at radius 2 is 0.975 bits per heavy atom. The van der Waals surface area contributed by atoms with Gasteiger partial charge >= 0.3 is 218 Å². The van der Waals surface area contributed by atoms with Crippen LogP contribution < -0.4 is 19.3 Å². The molecule has 0 unspecified atom stereocenters. The van der Waals surface area contributed by atoms with Crippen molar-refractivity contribution in [1.82, 2.24) is 4.98 Å². The zero-order valence-electron chi connectivity index (χ0n) is 47.7. The summed E-state index contributed by atoms with van der Waals surface area (Å²) in [7, 11) is 24.0. The number of halogens is 4. The standard InChI is InChI=1S/C15H10.2C13H18N.C12H16O.C10H12O.C5H5N.4ClH.2Ru/c1-2-6-12(7-3-1)15-11-10-13-8-4-5-9-14(13)15;2*1-10-8-11(2)13(12(3)9-10)14-6-4-5-7-14;1-4-7-11-8-5-6-9-12(11)13-10(2)3;1-8(2)11-10-7-5-4-6-9(10)3;1-2-4-6-5-3-1;;;;;;/h1-9,11H;2*6,8-9H,4-5,7H2,1-3H3;4-10H,1-3H3;3-8H,1-2H3;1-5H;4*1H;;/q;2*-1;;;;;;;;2*+2/p-4. The number of ether oxygens (including phenoxy) is 2. The number of nitrogens with zero attached hydrogens (tertiary/aromatic N) is 3. The van der Waals surface area contributed by atoms with Crippen LogP contribution in [0.2, 0.25) is 0 Å². The van der Waals surface area contributed by atoms with Crippen LogP contribution in [0, 0.1) is 54.6 Å². The van der Waals surface area contributed by atoms with Crippen LogP contribution in [-0.4, -0.2) is 39.0 Å². The summed E-state index contributed by atoms with van der Waals surface area (Å²) in [5, 5.41) is 0. The molecule has 0 saturated carbocycles. The van der Waals surface area contributed by atoms with Crippen LogP contribution in [0.3, 0.4) is 0 Å². The minimum absolute atomic E-state index is 0.163. The molecule has 3 heterocycles. The second-order valence-corrected chi connectivity index (χ2v) is 31.3. The maximum atomic E-state index is 6.19. The molecule has 6 aromatic carbocycles. The Hall–Kier alpha value is -4.70. The molecule has 0 spiro atoms. The first-order chi connectivity index (χ1) is 38.0. The summed E-state index contributed by atoms with van der Waals surface area (Å²) < 4.78 is 14.3. The van der Waals surface area contributed by atoms with Gasteiger partial charge in [-0.05, 0) is 116 Å². The minimum Gasteiger partial charge on any atom is -0.265 e. The van der Waals surface area contributed by atoms with E-state index in [0.29, 0.717) is 0 Å². The smallest absolute Gasteiger partial charge is 0.0267 e. The van der Waals surface area contributed by atoms with Gasteiger partial charge in [-0.25, -0.2) is 13.1 Å². The molecule has 424 valence electrons. The quantitative estimate of drug-likeness (QED) is 0.106. The van der Waals surface area contributed by atoms with E-state index in [1.165, 1.54) is 106 Å². The van der Waals surface area contributed by atoms with Crippen LogP contribution in [0.15, 0.2) is 170 Å². The Labute approximate surface area is 500 Å². The van der Waals surface area contributed by atoms with E-state index < -0.39 is 27.0 Å². The van der Waals surface area contributed by atoms with Gasteiger partial charge in [-0.15, -0.1) is 0 Å². The number of pyridine rings is 1. The van der Waals surface area contributed by atoms with Crippen molar-refractivity contribution < 1.29 is 36.5 Å². The van der Waals surface area contributed by atoms with E-state index in [0.717, 1.165) is 26.7 Å². The molecule has 2 aliphatic heterocycles. The summed E-state index contributed by atoms with van der Waals surface area (Å²) >= 11 is -3.65. The molecule has 0 atom stereocenters. The summed E-state index contributed by atoms with van der Waals surface area (Å²) in [5.41, 5.74) is 18.2. The van der Waals surface area contributed by atoms with Crippen LogP contribution >= 0.6 is 38.8 Å². The first kappa shape index (κ1) is 65.1. The summed E-state index contributed by atoms with van der Waals surface area (Å²) in [6.45, 7) is 30.2. The van der Waals surface area contributed by atoms with Gasteiger partial charge in [0.25, 0.3) is 0 Å². The Morgan fingerprint density at radius 3 is 1.38 bits per heavy atom. The van der Waals surface area contributed by atoms with Crippen LogP contribution in [0.4, 0.5) is 11.4 Å². The van der Waals surface area contributed by atoms with Gasteiger partial charge in [-0.2, -0.15) is 12.8 Å². The van der Waals surface area contributed by atoms with E-state index >= 15 is 0 Å². The largest absolute Gasteiger partial charge is 0.265 e. The van der Waals surface area contributed by atoms with E-state index in [1.807, 2.05) is 130 Å². The van der Waals surface area contributed by atoms with Crippen molar-refractivity contribution in [2.75, 3.05) is 22.9 Å². The van der Waals surface area contributed by atoms with Gasteiger partial charge in [0, 0.05) is 29.3 Å². The van der Waals surface area contributed by atoms with Gasteiger partial charge < -0.3 is 14.5 Å². The average molecular weight is 1310 g/mol. The third-order valence-electron chi connectivity index (χ3n) is 12.4. The number of rotatable bonds is 9. The minimum atomic E-state index is -1.88. The molecule has 7 aromatic rings. The first-order valence-electron chi connectivity index (χ1n) is 26.9. The predicted molar refractivity (Wildman–Crippen MR) is 339 cm³/mol. The molecule has 5 nitrogen and oxygen atoms in total. The van der Waals surface area contributed by atoms with Crippen molar-refractivity contribution in [2.45, 2.75) is 114 Å². The Balaban J connectivity index is 0.000000178. The van der Waals surface area contributed by atoms with Gasteiger partial charge in [-0.3, -0.25) is 4.98 Å². The molecule has 79 heavy (non-hydrogen) atoms. The number of hydrogen-bond acceptors (Lipinski definition) is 5. The molecule has 0 amide bonds. The topological polar surface area (TPSA) is 37.8 Å². The summed E-state index contributed by atoms with van der Waals surface area (Å²) in [6, 6.07) is 49.3. The van der Waals surface area contributed by atoms with Crippen molar-refractivity contribution in [3.8, 4) is 11.5 Å². The first-order valence-corrected chi connectivity index (χ1v) is 37.7. The second-order valence-electron chi connectivity index (χ2n) is 19.8. The molecule has 11 heteroatoms.